The quantitative estimate of drug-likeness (QED) is 0.326. The molecule has 0 atom stereocenters. The van der Waals surface area contributed by atoms with Crippen LogP contribution in [-0.4, -0.2) is 89.6 Å². The van der Waals surface area contributed by atoms with Gasteiger partial charge in [-0.05, 0) is 0 Å². The van der Waals surface area contributed by atoms with Gasteiger partial charge in [0, 0.05) is 0 Å². The average Bonchev–Trinajstić information content (AvgIpc) is 0. The van der Waals surface area contributed by atoms with Gasteiger partial charge in [0.1, 0.15) is 0 Å². The Morgan fingerprint density at radius 3 is 1.00 bits per heavy atom. The molecule has 0 aliphatic rings. The van der Waals surface area contributed by atoms with Gasteiger partial charge in [-0.15, -0.1) is 0 Å². The van der Waals surface area contributed by atoms with Gasteiger partial charge < -0.3 is 0 Å². The molecule has 0 nitrogen and oxygen atoms in total. The van der Waals surface area contributed by atoms with E-state index in [0.29, 0.717) is 0 Å². The zero-order chi connectivity index (χ0) is 0. The van der Waals surface area contributed by atoms with Crippen LogP contribution in [0.2, 0.25) is 0 Å². The summed E-state index contributed by atoms with van der Waals surface area (Å²) in [6.07, 6.45) is 0. The monoisotopic (exact) mass is 456 g/mol. The van der Waals surface area contributed by atoms with Crippen molar-refractivity contribution in [2.45, 2.75) is 0 Å². The van der Waals surface area contributed by atoms with E-state index in [9.17, 15) is 0 Å². The second-order valence-electron chi connectivity index (χ2n) is 0. The Morgan fingerprint density at radius 1 is 1.00 bits per heavy atom. The Hall–Kier alpha value is 2.95. The van der Waals surface area contributed by atoms with E-state index in [1.54, 1.807) is 0 Å². The average molecular weight is 452 g/mol. The minimum absolute atomic E-state index is 0. The third kappa shape index (κ3) is 8.87. The van der Waals surface area contributed by atoms with Crippen LogP contribution in [0.3, 0.4) is 0 Å². The summed E-state index contributed by atoms with van der Waals surface area (Å²) < 4.78 is 0. The van der Waals surface area contributed by atoms with E-state index in [-0.39, 0.29) is 89.6 Å². The first-order chi connectivity index (χ1) is 0. The molecule has 2 radical (unpaired) electrons. The molecule has 0 saturated carbocycles. The van der Waals surface area contributed by atoms with Crippen LogP contribution >= 0.6 is 0 Å². The topological polar surface area (TPSA) is 0 Å². The van der Waals surface area contributed by atoms with Crippen molar-refractivity contribution in [2.75, 3.05) is 0 Å². The van der Waals surface area contributed by atoms with Crippen LogP contribution < -0.4 is 0 Å². The van der Waals surface area contributed by atoms with Crippen molar-refractivity contribution in [2.24, 2.45) is 0 Å². The molecule has 0 unspecified atom stereocenters. The molecule has 4 heteroatoms. The normalized spacial score (nSPS) is 0. The molecule has 30 valence electrons. The Kier molecular flexibility index (Phi) is 118. The molecule has 0 N–H and O–H groups in total. The summed E-state index contributed by atoms with van der Waals surface area (Å²) in [5.41, 5.74) is 0. The summed E-state index contributed by atoms with van der Waals surface area (Å²) >= 11 is 0. The Morgan fingerprint density at radius 2 is 1.00 bits per heavy atom. The van der Waals surface area contributed by atoms with Crippen molar-refractivity contribution in [1.82, 2.24) is 0 Å². The Balaban J connectivity index is 0. The molecule has 0 aliphatic carbocycles. The van der Waals surface area contributed by atoms with E-state index in [4.69, 9.17) is 0 Å². The van der Waals surface area contributed by atoms with E-state index in [2.05, 4.69) is 0 Å². The summed E-state index contributed by atoms with van der Waals surface area (Å²) in [6, 6.07) is 0. The van der Waals surface area contributed by atoms with Gasteiger partial charge in [-0.25, -0.2) is 0 Å². The predicted octanol–water partition coefficient (Wildman–Crippen LogP) is -4.47. The molecule has 0 bridgehead atoms. The number of rotatable bonds is 0. The molecular weight excluding hydrogens is 441 g/mol. The van der Waals surface area contributed by atoms with E-state index < -0.39 is 0 Å². The first-order valence-electron chi connectivity index (χ1n) is 0. The minimum atomic E-state index is 0. The van der Waals surface area contributed by atoms with Crippen molar-refractivity contribution in [1.29, 1.82) is 0 Å². The van der Waals surface area contributed by atoms with Gasteiger partial charge in [0.15, 0.2) is 0 Å². The van der Waals surface area contributed by atoms with Gasteiger partial charge >= 0.3 is 89.6 Å². The molecule has 0 aliphatic heterocycles. The summed E-state index contributed by atoms with van der Waals surface area (Å²) in [7, 11) is 0. The van der Waals surface area contributed by atoms with Gasteiger partial charge in [-0.1, -0.05) is 0 Å². The van der Waals surface area contributed by atoms with E-state index >= 15 is 0 Å². The van der Waals surface area contributed by atoms with Gasteiger partial charge in [0.2, 0.25) is 0 Å². The van der Waals surface area contributed by atoms with Crippen LogP contribution in [0.15, 0.2) is 0 Å². The van der Waals surface area contributed by atoms with Crippen molar-refractivity contribution in [3.63, 3.8) is 0 Å². The summed E-state index contributed by atoms with van der Waals surface area (Å²) in [5.74, 6) is 0. The van der Waals surface area contributed by atoms with Crippen molar-refractivity contribution >= 4 is 89.6 Å². The van der Waals surface area contributed by atoms with Gasteiger partial charge in [0.25, 0.3) is 0 Å². The van der Waals surface area contributed by atoms with E-state index in [0.717, 1.165) is 0 Å². The predicted molar refractivity (Wildman–Crippen MR) is 38.4 cm³/mol. The van der Waals surface area contributed by atoms with Crippen LogP contribution in [0.5, 0.6) is 0 Å². The fourth-order valence-electron chi connectivity index (χ4n) is 0. The van der Waals surface area contributed by atoms with Crippen LogP contribution in [-0.2, 0) is 0 Å². The van der Waals surface area contributed by atoms with E-state index in [1.807, 2.05) is 0 Å². The van der Waals surface area contributed by atoms with Crippen molar-refractivity contribution < 1.29 is 0 Å². The van der Waals surface area contributed by atoms with Crippen molar-refractivity contribution in [3.8, 4) is 0 Å². The number of hydrogen-bond donors (Lipinski definition) is 0. The zero-order valence-electron chi connectivity index (χ0n) is 1.91. The van der Waals surface area contributed by atoms with Crippen LogP contribution in [0.4, 0.5) is 0 Å². The van der Waals surface area contributed by atoms with Gasteiger partial charge in [0.05, 0.1) is 0 Å². The Labute approximate surface area is 88.0 Å². The fourth-order valence-corrected chi connectivity index (χ4v) is 0. The second-order valence-corrected chi connectivity index (χ2v) is 0. The third-order valence-corrected chi connectivity index (χ3v) is 0. The summed E-state index contributed by atoms with van der Waals surface area (Å²) in [5, 5.41) is 0. The Bertz CT molecular complexity index is 8.00. The first kappa shape index (κ1) is 28.3. The molecule has 0 rings (SSSR count). The SMILES string of the molecule is [GeH4].[SbH3].[SnH2].[TeH2]. The molecule has 0 aromatic heterocycles. The van der Waals surface area contributed by atoms with Gasteiger partial charge in [-0.3, -0.25) is 0 Å². The first-order valence-corrected chi connectivity index (χ1v) is 0. The van der Waals surface area contributed by atoms with Crippen LogP contribution in [0, 0.1) is 0 Å². The number of hydrogen-bond acceptors (Lipinski definition) is 0. The maximum absolute atomic E-state index is 0. The standard InChI is InChI=1S/GeH4.Sb.Sn.H2Te.5H/h1H4;;;1H2;;;;;. The van der Waals surface area contributed by atoms with Crippen molar-refractivity contribution in [3.05, 3.63) is 0 Å². The molecular formula is H11GeSbSnTe. The molecule has 4 heavy (non-hydrogen) atoms. The molecule has 0 amide bonds. The molecule has 0 fully saturated rings. The molecule has 0 aromatic carbocycles. The molecule has 0 spiro atoms. The summed E-state index contributed by atoms with van der Waals surface area (Å²) in [6.45, 7) is 0. The zero-order valence-corrected chi connectivity index (χ0v) is 12.8. The molecule has 0 saturated heterocycles. The molecule has 0 heterocycles. The molecule has 0 aromatic rings. The summed E-state index contributed by atoms with van der Waals surface area (Å²) in [4.78, 5) is 0. The maximum atomic E-state index is 0. The van der Waals surface area contributed by atoms with Crippen LogP contribution in [0.1, 0.15) is 0 Å². The fraction of sp³-hybridized carbons (Fsp3) is 0. The van der Waals surface area contributed by atoms with Gasteiger partial charge in [-0.2, -0.15) is 0 Å². The second kappa shape index (κ2) is 16.8. The third-order valence-electron chi connectivity index (χ3n) is 0. The van der Waals surface area contributed by atoms with E-state index in [1.165, 1.54) is 0 Å². The van der Waals surface area contributed by atoms with Crippen LogP contribution in [0.25, 0.3) is 0 Å².